The second kappa shape index (κ2) is 16.7. The van der Waals surface area contributed by atoms with Crippen LogP contribution in [0.4, 0.5) is 0 Å². The van der Waals surface area contributed by atoms with Gasteiger partial charge < -0.3 is 0 Å². The summed E-state index contributed by atoms with van der Waals surface area (Å²) in [6, 6.07) is 0. The number of hydrogen-bond acceptors (Lipinski definition) is 2. The summed E-state index contributed by atoms with van der Waals surface area (Å²) in [4.78, 5) is 21.6. The third kappa shape index (κ3) is 14.3. The minimum absolute atomic E-state index is 0.0373. The van der Waals surface area contributed by atoms with Crippen LogP contribution >= 0.6 is 0 Å². The van der Waals surface area contributed by atoms with Crippen LogP contribution in [0, 0.1) is 5.92 Å². The summed E-state index contributed by atoms with van der Waals surface area (Å²) in [6.07, 6.45) is 21.1. The van der Waals surface area contributed by atoms with Crippen LogP contribution in [0.3, 0.4) is 0 Å². The zero-order chi connectivity index (χ0) is 16.5. The number of rotatable bonds is 17. The lowest BCUT2D eigenvalue weighted by Gasteiger charge is -2.05. The van der Waals surface area contributed by atoms with Gasteiger partial charge in [0.05, 0.1) is 5.92 Å². The molecule has 0 N–H and O–H groups in total. The van der Waals surface area contributed by atoms with Gasteiger partial charge in [-0.15, -0.1) is 0 Å². The Bertz CT molecular complexity index is 260. The van der Waals surface area contributed by atoms with Crippen molar-refractivity contribution in [1.82, 2.24) is 0 Å². The number of carbonyl (C=O) groups excluding carboxylic acids is 2. The van der Waals surface area contributed by atoms with Gasteiger partial charge in [-0.2, -0.15) is 0 Å². The lowest BCUT2D eigenvalue weighted by atomic mass is 9.98. The number of hydrogen-bond donors (Lipinski definition) is 0. The van der Waals surface area contributed by atoms with Crippen LogP contribution < -0.4 is 0 Å². The van der Waals surface area contributed by atoms with Crippen molar-refractivity contribution in [3.63, 3.8) is 0 Å². The summed E-state index contributed by atoms with van der Waals surface area (Å²) in [5.41, 5.74) is 0. The standard InChI is InChI=1S/C20H37O2/c1-3-4-5-6-7-8-9-10-11-12-13-14-15-16-17-20(18-21)19(2)22/h20H,3-17H2,1-2H3. The molecule has 129 valence electrons. The van der Waals surface area contributed by atoms with Crippen LogP contribution in [0.5, 0.6) is 0 Å². The van der Waals surface area contributed by atoms with E-state index in [-0.39, 0.29) is 5.78 Å². The highest BCUT2D eigenvalue weighted by molar-refractivity contribution is 5.91. The van der Waals surface area contributed by atoms with Gasteiger partial charge in [0.25, 0.3) is 0 Å². The zero-order valence-electron chi connectivity index (χ0n) is 15.0. The van der Waals surface area contributed by atoms with Gasteiger partial charge in [0, 0.05) is 0 Å². The molecule has 0 aromatic carbocycles. The molecule has 0 aliphatic rings. The molecule has 2 heteroatoms. The Hall–Kier alpha value is -0.660. The summed E-state index contributed by atoms with van der Waals surface area (Å²) < 4.78 is 0. The van der Waals surface area contributed by atoms with Crippen molar-refractivity contribution in [2.75, 3.05) is 0 Å². The summed E-state index contributed by atoms with van der Waals surface area (Å²) in [6.45, 7) is 3.75. The van der Waals surface area contributed by atoms with Gasteiger partial charge in [0.1, 0.15) is 5.78 Å². The highest BCUT2D eigenvalue weighted by Crippen LogP contribution is 2.14. The molecule has 0 aromatic rings. The smallest absolute Gasteiger partial charge is 0.209 e. The molecule has 0 bridgehead atoms. The molecule has 1 atom stereocenters. The third-order valence-electron chi connectivity index (χ3n) is 4.48. The van der Waals surface area contributed by atoms with Crippen molar-refractivity contribution < 1.29 is 9.59 Å². The van der Waals surface area contributed by atoms with E-state index in [1.807, 2.05) is 6.29 Å². The number of carbonyl (C=O) groups is 1. The normalized spacial score (nSPS) is 12.3. The molecular formula is C20H37O2. The monoisotopic (exact) mass is 309 g/mol. The predicted octanol–water partition coefficient (Wildman–Crippen LogP) is 6.17. The van der Waals surface area contributed by atoms with E-state index < -0.39 is 5.92 Å². The SMILES string of the molecule is CCCCCCCCCCCCCCCCC([C]=O)C(C)=O. The fourth-order valence-electron chi connectivity index (χ4n) is 2.89. The van der Waals surface area contributed by atoms with Gasteiger partial charge in [0.15, 0.2) is 0 Å². The lowest BCUT2D eigenvalue weighted by Crippen LogP contribution is -2.11. The molecule has 0 aromatic heterocycles. The van der Waals surface area contributed by atoms with Crippen molar-refractivity contribution in [3.05, 3.63) is 0 Å². The fraction of sp³-hybridized carbons (Fsp3) is 0.900. The van der Waals surface area contributed by atoms with Crippen molar-refractivity contribution in [1.29, 1.82) is 0 Å². The number of ketones is 1. The van der Waals surface area contributed by atoms with Crippen molar-refractivity contribution in [2.24, 2.45) is 5.92 Å². The maximum Gasteiger partial charge on any atom is 0.209 e. The van der Waals surface area contributed by atoms with Crippen LogP contribution in [-0.2, 0) is 9.59 Å². The first kappa shape index (κ1) is 21.3. The first-order valence-corrected chi connectivity index (χ1v) is 9.60. The van der Waals surface area contributed by atoms with E-state index in [2.05, 4.69) is 6.92 Å². The quantitative estimate of drug-likeness (QED) is 0.238. The molecule has 0 aliphatic carbocycles. The Balaban J connectivity index is 3.14. The van der Waals surface area contributed by atoms with E-state index in [1.54, 1.807) is 0 Å². The molecule has 0 saturated heterocycles. The van der Waals surface area contributed by atoms with Gasteiger partial charge in [-0.1, -0.05) is 96.8 Å². The molecule has 0 rings (SSSR count). The molecule has 22 heavy (non-hydrogen) atoms. The second-order valence-electron chi connectivity index (χ2n) is 6.67. The van der Waals surface area contributed by atoms with E-state index in [0.717, 1.165) is 12.8 Å². The minimum Gasteiger partial charge on any atom is -0.299 e. The summed E-state index contributed by atoms with van der Waals surface area (Å²) in [7, 11) is 0. The van der Waals surface area contributed by atoms with E-state index in [9.17, 15) is 9.59 Å². The van der Waals surface area contributed by atoms with Crippen LogP contribution in [0.15, 0.2) is 0 Å². The van der Waals surface area contributed by atoms with Crippen LogP contribution in [0.1, 0.15) is 110 Å². The Labute approximate surface area is 138 Å². The van der Waals surface area contributed by atoms with Crippen LogP contribution in [0.2, 0.25) is 0 Å². The van der Waals surface area contributed by atoms with Gasteiger partial charge in [-0.3, -0.25) is 9.59 Å². The molecule has 0 aliphatic heterocycles. The van der Waals surface area contributed by atoms with Crippen molar-refractivity contribution in [3.8, 4) is 0 Å². The Morgan fingerprint density at radius 2 is 1.09 bits per heavy atom. The van der Waals surface area contributed by atoms with Crippen LogP contribution in [0.25, 0.3) is 0 Å². The number of Topliss-reactive ketones (excluding diaryl/α,β-unsaturated/α-hetero) is 1. The first-order valence-electron chi connectivity index (χ1n) is 9.60. The van der Waals surface area contributed by atoms with Gasteiger partial charge in [-0.05, 0) is 13.3 Å². The van der Waals surface area contributed by atoms with Crippen LogP contribution in [-0.4, -0.2) is 12.1 Å². The first-order chi connectivity index (χ1) is 10.7. The molecule has 0 fully saturated rings. The highest BCUT2D eigenvalue weighted by atomic mass is 16.1. The van der Waals surface area contributed by atoms with E-state index in [4.69, 9.17) is 0 Å². The topological polar surface area (TPSA) is 34.1 Å². The summed E-state index contributed by atoms with van der Waals surface area (Å²) in [5, 5.41) is 0. The lowest BCUT2D eigenvalue weighted by molar-refractivity contribution is -0.119. The molecule has 1 unspecified atom stereocenters. The highest BCUT2D eigenvalue weighted by Gasteiger charge is 2.12. The summed E-state index contributed by atoms with van der Waals surface area (Å²) in [5.74, 6) is -0.512. The van der Waals surface area contributed by atoms with E-state index >= 15 is 0 Å². The second-order valence-corrected chi connectivity index (χ2v) is 6.67. The van der Waals surface area contributed by atoms with Crippen molar-refractivity contribution in [2.45, 2.75) is 110 Å². The molecule has 0 saturated carbocycles. The zero-order valence-corrected chi connectivity index (χ0v) is 15.0. The molecule has 0 heterocycles. The van der Waals surface area contributed by atoms with Gasteiger partial charge in [-0.25, -0.2) is 0 Å². The maximum atomic E-state index is 11.1. The molecule has 0 amide bonds. The fourth-order valence-corrected chi connectivity index (χ4v) is 2.89. The van der Waals surface area contributed by atoms with E-state index in [0.29, 0.717) is 6.42 Å². The molecule has 2 nitrogen and oxygen atoms in total. The van der Waals surface area contributed by atoms with Gasteiger partial charge in [0.2, 0.25) is 6.29 Å². The molecule has 1 radical (unpaired) electrons. The predicted molar refractivity (Wildman–Crippen MR) is 94.8 cm³/mol. The molecular weight excluding hydrogens is 272 g/mol. The Kier molecular flexibility index (Phi) is 16.2. The average molecular weight is 310 g/mol. The summed E-state index contributed by atoms with van der Waals surface area (Å²) >= 11 is 0. The minimum atomic E-state index is -0.475. The third-order valence-corrected chi connectivity index (χ3v) is 4.48. The molecule has 0 spiro atoms. The largest absolute Gasteiger partial charge is 0.299 e. The van der Waals surface area contributed by atoms with Gasteiger partial charge >= 0.3 is 0 Å². The van der Waals surface area contributed by atoms with E-state index in [1.165, 1.54) is 84.0 Å². The Morgan fingerprint density at radius 3 is 1.41 bits per heavy atom. The average Bonchev–Trinajstić information content (AvgIpc) is 2.51. The maximum absolute atomic E-state index is 11.1. The van der Waals surface area contributed by atoms with Crippen molar-refractivity contribution >= 4 is 12.1 Å². The Morgan fingerprint density at radius 1 is 0.727 bits per heavy atom. The number of unbranched alkanes of at least 4 members (excludes halogenated alkanes) is 13.